The molecular formula is C19H16BrF3N2O3. The first-order valence-corrected chi connectivity index (χ1v) is 9.05. The van der Waals surface area contributed by atoms with Crippen molar-refractivity contribution >= 4 is 32.9 Å². The van der Waals surface area contributed by atoms with Gasteiger partial charge in [0.15, 0.2) is 5.82 Å². The van der Waals surface area contributed by atoms with Crippen LogP contribution in [0.2, 0.25) is 0 Å². The van der Waals surface area contributed by atoms with Gasteiger partial charge in [-0.15, -0.1) is 0 Å². The van der Waals surface area contributed by atoms with Gasteiger partial charge < -0.3 is 14.4 Å². The molecule has 2 aromatic carbocycles. The van der Waals surface area contributed by atoms with Gasteiger partial charge in [0.05, 0.1) is 28.2 Å². The summed E-state index contributed by atoms with van der Waals surface area (Å²) in [5.74, 6) is -3.59. The molecule has 0 fully saturated rings. The fourth-order valence-electron chi connectivity index (χ4n) is 3.12. The van der Waals surface area contributed by atoms with Gasteiger partial charge in [0, 0.05) is 18.2 Å². The van der Waals surface area contributed by atoms with Crippen molar-refractivity contribution in [3.63, 3.8) is 0 Å². The van der Waals surface area contributed by atoms with E-state index in [-0.39, 0.29) is 39.3 Å². The zero-order valence-corrected chi connectivity index (χ0v) is 16.8. The Morgan fingerprint density at radius 3 is 2.64 bits per heavy atom. The van der Waals surface area contributed by atoms with E-state index in [4.69, 9.17) is 4.74 Å². The first kappa shape index (κ1) is 20.3. The van der Waals surface area contributed by atoms with E-state index in [2.05, 4.69) is 20.9 Å². The number of aryl methyl sites for hydroxylation is 1. The molecule has 148 valence electrons. The van der Waals surface area contributed by atoms with Crippen molar-refractivity contribution < 1.29 is 27.8 Å². The number of hydrogen-bond acceptors (Lipinski definition) is 3. The minimum absolute atomic E-state index is 0.0593. The van der Waals surface area contributed by atoms with Crippen LogP contribution in [0.4, 0.5) is 13.2 Å². The number of aromatic carboxylic acids is 1. The number of imidazole rings is 1. The van der Waals surface area contributed by atoms with Crippen LogP contribution in [-0.4, -0.2) is 33.8 Å². The number of carboxylic acid groups (broad SMARTS) is 1. The first-order valence-electron chi connectivity index (χ1n) is 8.26. The van der Waals surface area contributed by atoms with E-state index in [0.717, 1.165) is 18.2 Å². The summed E-state index contributed by atoms with van der Waals surface area (Å²) >= 11 is 2.95. The lowest BCUT2D eigenvalue weighted by Crippen LogP contribution is -2.16. The average Bonchev–Trinajstić information content (AvgIpc) is 2.96. The zero-order chi connectivity index (χ0) is 20.7. The lowest BCUT2D eigenvalue weighted by atomic mass is 9.96. The minimum Gasteiger partial charge on any atom is -0.478 e. The molecule has 0 amide bonds. The van der Waals surface area contributed by atoms with Gasteiger partial charge in [0.1, 0.15) is 23.0 Å². The van der Waals surface area contributed by atoms with E-state index < -0.39 is 29.0 Å². The Hall–Kier alpha value is -2.39. The standard InChI is InChI=1S/C19H16BrF3N2O3/c1-8(28-3)7-25-9(2)24-17-16(23)15(20)14(19(26)27)13(18(17)25)11-6-10(21)4-5-12(11)22/h4-6,8H,7H2,1-3H3,(H,26,27). The lowest BCUT2D eigenvalue weighted by Gasteiger charge is -2.17. The van der Waals surface area contributed by atoms with Crippen LogP contribution in [0, 0.1) is 24.4 Å². The van der Waals surface area contributed by atoms with Crippen LogP contribution in [0.5, 0.6) is 0 Å². The average molecular weight is 457 g/mol. The molecule has 0 aliphatic carbocycles. The Kier molecular flexibility index (Phi) is 5.49. The Morgan fingerprint density at radius 1 is 1.36 bits per heavy atom. The summed E-state index contributed by atoms with van der Waals surface area (Å²) in [5, 5.41) is 9.71. The molecule has 1 N–H and O–H groups in total. The molecule has 3 aromatic rings. The number of fused-ring (bicyclic) bond motifs is 1. The van der Waals surface area contributed by atoms with E-state index in [1.54, 1.807) is 18.4 Å². The maximum atomic E-state index is 14.9. The predicted octanol–water partition coefficient (Wildman–Crippen LogP) is 4.92. The second kappa shape index (κ2) is 7.56. The van der Waals surface area contributed by atoms with Crippen molar-refractivity contribution in [2.45, 2.75) is 26.5 Å². The smallest absolute Gasteiger partial charge is 0.337 e. The van der Waals surface area contributed by atoms with E-state index in [1.165, 1.54) is 7.11 Å². The van der Waals surface area contributed by atoms with Crippen LogP contribution >= 0.6 is 15.9 Å². The van der Waals surface area contributed by atoms with Crippen molar-refractivity contribution in [2.24, 2.45) is 0 Å². The number of rotatable bonds is 5. The van der Waals surface area contributed by atoms with Gasteiger partial charge >= 0.3 is 5.97 Å². The maximum absolute atomic E-state index is 14.9. The van der Waals surface area contributed by atoms with E-state index in [9.17, 15) is 23.1 Å². The van der Waals surface area contributed by atoms with Gasteiger partial charge in [-0.3, -0.25) is 0 Å². The Labute approximate surface area is 166 Å². The third-order valence-electron chi connectivity index (χ3n) is 4.52. The number of methoxy groups -OCH3 is 1. The molecular weight excluding hydrogens is 441 g/mol. The van der Waals surface area contributed by atoms with Crippen LogP contribution in [0.15, 0.2) is 22.7 Å². The van der Waals surface area contributed by atoms with Gasteiger partial charge in [-0.25, -0.2) is 22.9 Å². The molecule has 0 aliphatic rings. The molecule has 0 aliphatic heterocycles. The van der Waals surface area contributed by atoms with Crippen LogP contribution < -0.4 is 0 Å². The van der Waals surface area contributed by atoms with Crippen LogP contribution in [0.25, 0.3) is 22.2 Å². The normalized spacial score (nSPS) is 12.5. The number of carbonyl (C=O) groups is 1. The Balaban J connectivity index is 2.55. The fraction of sp³-hybridized carbons (Fsp3) is 0.263. The molecule has 1 heterocycles. The van der Waals surface area contributed by atoms with Crippen LogP contribution in [0.1, 0.15) is 23.1 Å². The summed E-state index contributed by atoms with van der Waals surface area (Å²) < 4.78 is 49.8. The fourth-order valence-corrected chi connectivity index (χ4v) is 3.68. The quantitative estimate of drug-likeness (QED) is 0.591. The van der Waals surface area contributed by atoms with Crippen molar-refractivity contribution in [3.05, 3.63) is 51.5 Å². The highest BCUT2D eigenvalue weighted by atomic mass is 79.9. The van der Waals surface area contributed by atoms with E-state index in [0.29, 0.717) is 5.82 Å². The maximum Gasteiger partial charge on any atom is 0.337 e. The second-order valence-corrected chi connectivity index (χ2v) is 7.11. The first-order chi connectivity index (χ1) is 13.2. The molecule has 1 aromatic heterocycles. The van der Waals surface area contributed by atoms with Crippen molar-refractivity contribution in [3.8, 4) is 11.1 Å². The molecule has 0 radical (unpaired) electrons. The molecule has 0 saturated heterocycles. The SMILES string of the molecule is COC(C)Cn1c(C)nc2c(F)c(Br)c(C(=O)O)c(-c3cc(F)ccc3F)c21. The van der Waals surface area contributed by atoms with Crippen molar-refractivity contribution in [1.82, 2.24) is 9.55 Å². The number of ether oxygens (including phenoxy) is 1. The number of benzene rings is 2. The molecule has 0 saturated carbocycles. The minimum atomic E-state index is -1.49. The van der Waals surface area contributed by atoms with Crippen molar-refractivity contribution in [2.75, 3.05) is 7.11 Å². The summed E-state index contributed by atoms with van der Waals surface area (Å²) in [5.41, 5.74) is -1.05. The van der Waals surface area contributed by atoms with Gasteiger partial charge in [-0.1, -0.05) is 0 Å². The number of halogens is 4. The molecule has 5 nitrogen and oxygen atoms in total. The Bertz CT molecular complexity index is 1100. The molecule has 28 heavy (non-hydrogen) atoms. The van der Waals surface area contributed by atoms with Gasteiger partial charge in [-0.05, 0) is 48.0 Å². The summed E-state index contributed by atoms with van der Waals surface area (Å²) in [6.07, 6.45) is -0.318. The molecule has 1 atom stereocenters. The predicted molar refractivity (Wildman–Crippen MR) is 101 cm³/mol. The molecule has 0 bridgehead atoms. The third kappa shape index (κ3) is 3.29. The summed E-state index contributed by atoms with van der Waals surface area (Å²) in [6.45, 7) is 3.59. The Morgan fingerprint density at radius 2 is 2.04 bits per heavy atom. The van der Waals surface area contributed by atoms with Crippen LogP contribution in [-0.2, 0) is 11.3 Å². The largest absolute Gasteiger partial charge is 0.478 e. The molecule has 3 rings (SSSR count). The lowest BCUT2D eigenvalue weighted by molar-refractivity contribution is 0.0696. The summed E-state index contributed by atoms with van der Waals surface area (Å²) in [6, 6.07) is 2.70. The van der Waals surface area contributed by atoms with E-state index >= 15 is 0 Å². The highest BCUT2D eigenvalue weighted by molar-refractivity contribution is 9.10. The second-order valence-electron chi connectivity index (χ2n) is 6.32. The third-order valence-corrected chi connectivity index (χ3v) is 5.26. The molecule has 9 heteroatoms. The number of hydrogen-bond donors (Lipinski definition) is 1. The van der Waals surface area contributed by atoms with Gasteiger partial charge in [0.2, 0.25) is 0 Å². The van der Waals surface area contributed by atoms with Gasteiger partial charge in [0.25, 0.3) is 0 Å². The van der Waals surface area contributed by atoms with Crippen LogP contribution in [0.3, 0.4) is 0 Å². The number of aromatic nitrogens is 2. The zero-order valence-electron chi connectivity index (χ0n) is 15.2. The summed E-state index contributed by atoms with van der Waals surface area (Å²) in [7, 11) is 1.49. The molecule has 0 spiro atoms. The monoisotopic (exact) mass is 456 g/mol. The number of nitrogens with zero attached hydrogens (tertiary/aromatic N) is 2. The van der Waals surface area contributed by atoms with E-state index in [1.807, 2.05) is 0 Å². The van der Waals surface area contributed by atoms with Gasteiger partial charge in [-0.2, -0.15) is 0 Å². The topological polar surface area (TPSA) is 64.4 Å². The highest BCUT2D eigenvalue weighted by Gasteiger charge is 2.29. The van der Waals surface area contributed by atoms with Crippen molar-refractivity contribution in [1.29, 1.82) is 0 Å². The molecule has 1 unspecified atom stereocenters. The summed E-state index contributed by atoms with van der Waals surface area (Å²) in [4.78, 5) is 16.1. The number of carboxylic acids is 1. The highest BCUT2D eigenvalue weighted by Crippen LogP contribution is 2.41.